The van der Waals surface area contributed by atoms with Crippen molar-refractivity contribution in [1.29, 1.82) is 0 Å². The quantitative estimate of drug-likeness (QED) is 0.517. The molecule has 0 aromatic carbocycles. The summed E-state index contributed by atoms with van der Waals surface area (Å²) in [6.45, 7) is 5.98. The summed E-state index contributed by atoms with van der Waals surface area (Å²) in [6.07, 6.45) is 4.08. The molecule has 1 radical (unpaired) electrons. The maximum Gasteiger partial charge on any atom is -0.00672 e. The minimum Gasteiger partial charge on any atom is -0.162 e. The van der Waals surface area contributed by atoms with Gasteiger partial charge in [0, 0.05) is 0 Å². The predicted octanol–water partition coefficient (Wildman–Crippen LogP) is 2.74. The van der Waals surface area contributed by atoms with Gasteiger partial charge in [0.15, 0.2) is 0 Å². The van der Waals surface area contributed by atoms with Crippen molar-refractivity contribution in [2.24, 2.45) is 0 Å². The SMILES string of the molecule is [CH2]CSCCCCC. The molecule has 0 aliphatic heterocycles. The summed E-state index contributed by atoms with van der Waals surface area (Å²) in [6, 6.07) is 0. The molecule has 0 unspecified atom stereocenters. The van der Waals surface area contributed by atoms with Gasteiger partial charge in [0.25, 0.3) is 0 Å². The lowest BCUT2D eigenvalue weighted by Gasteiger charge is -1.94. The van der Waals surface area contributed by atoms with Gasteiger partial charge in [-0.1, -0.05) is 19.8 Å². The predicted molar refractivity (Wildman–Crippen MR) is 42.2 cm³/mol. The zero-order chi connectivity index (χ0) is 6.24. The van der Waals surface area contributed by atoms with Crippen LogP contribution in [0.3, 0.4) is 0 Å². The fourth-order valence-corrected chi connectivity index (χ4v) is 1.17. The lowest BCUT2D eigenvalue weighted by molar-refractivity contribution is 0.779. The van der Waals surface area contributed by atoms with Crippen LogP contribution in [-0.2, 0) is 0 Å². The third-order valence-electron chi connectivity index (χ3n) is 1.04. The van der Waals surface area contributed by atoms with Crippen molar-refractivity contribution in [1.82, 2.24) is 0 Å². The monoisotopic (exact) mass is 131 g/mol. The molecule has 0 aliphatic carbocycles. The zero-order valence-electron chi connectivity index (χ0n) is 5.65. The van der Waals surface area contributed by atoms with Crippen LogP contribution < -0.4 is 0 Å². The Hall–Kier alpha value is 0.350. The van der Waals surface area contributed by atoms with Gasteiger partial charge in [0.1, 0.15) is 0 Å². The fourth-order valence-electron chi connectivity index (χ4n) is 0.556. The highest BCUT2D eigenvalue weighted by molar-refractivity contribution is 7.99. The van der Waals surface area contributed by atoms with Crippen molar-refractivity contribution in [3.05, 3.63) is 6.92 Å². The largest absolute Gasteiger partial charge is 0.162 e. The molecule has 0 aromatic heterocycles. The van der Waals surface area contributed by atoms with E-state index in [2.05, 4.69) is 13.8 Å². The summed E-state index contributed by atoms with van der Waals surface area (Å²) in [4.78, 5) is 0. The van der Waals surface area contributed by atoms with Crippen LogP contribution in [0.5, 0.6) is 0 Å². The summed E-state index contributed by atoms with van der Waals surface area (Å²) in [5, 5.41) is 0. The van der Waals surface area contributed by atoms with E-state index in [4.69, 9.17) is 0 Å². The number of unbranched alkanes of at least 4 members (excludes halogenated alkanes) is 2. The molecule has 0 aliphatic rings. The molecule has 8 heavy (non-hydrogen) atoms. The third-order valence-corrected chi connectivity index (χ3v) is 1.90. The van der Waals surface area contributed by atoms with Crippen molar-refractivity contribution in [2.75, 3.05) is 11.5 Å². The van der Waals surface area contributed by atoms with Crippen molar-refractivity contribution in [3.8, 4) is 0 Å². The van der Waals surface area contributed by atoms with Gasteiger partial charge >= 0.3 is 0 Å². The Bertz CT molecular complexity index is 29.4. The standard InChI is InChI=1S/C7H15S/c1-3-5-6-7-8-4-2/h2-7H2,1H3. The van der Waals surface area contributed by atoms with Gasteiger partial charge in [-0.25, -0.2) is 0 Å². The van der Waals surface area contributed by atoms with Crippen molar-refractivity contribution in [3.63, 3.8) is 0 Å². The summed E-state index contributed by atoms with van der Waals surface area (Å²) < 4.78 is 0. The topological polar surface area (TPSA) is 0 Å². The van der Waals surface area contributed by atoms with Crippen LogP contribution in [0.15, 0.2) is 0 Å². The molecular weight excluding hydrogens is 116 g/mol. The van der Waals surface area contributed by atoms with E-state index >= 15 is 0 Å². The molecular formula is C7H15S. The first kappa shape index (κ1) is 8.35. The van der Waals surface area contributed by atoms with E-state index in [9.17, 15) is 0 Å². The Labute approximate surface area is 57.1 Å². The molecule has 0 aromatic rings. The van der Waals surface area contributed by atoms with Crippen LogP contribution in [-0.4, -0.2) is 11.5 Å². The van der Waals surface area contributed by atoms with Crippen LogP contribution >= 0.6 is 11.8 Å². The second-order valence-electron chi connectivity index (χ2n) is 1.82. The van der Waals surface area contributed by atoms with Crippen LogP contribution in [0.4, 0.5) is 0 Å². The van der Waals surface area contributed by atoms with Crippen LogP contribution in [0.1, 0.15) is 26.2 Å². The minimum absolute atomic E-state index is 1.03. The Morgan fingerprint density at radius 2 is 2.12 bits per heavy atom. The smallest absolute Gasteiger partial charge is 0.00672 e. The highest BCUT2D eigenvalue weighted by Gasteiger charge is 1.83. The van der Waals surface area contributed by atoms with E-state index in [-0.39, 0.29) is 0 Å². The lowest BCUT2D eigenvalue weighted by atomic mass is 10.3. The maximum absolute atomic E-state index is 3.75. The average Bonchev–Trinajstić information content (AvgIpc) is 1.81. The summed E-state index contributed by atoms with van der Waals surface area (Å²) >= 11 is 1.94. The van der Waals surface area contributed by atoms with Gasteiger partial charge in [-0.3, -0.25) is 0 Å². The molecule has 49 valence electrons. The van der Waals surface area contributed by atoms with Crippen LogP contribution in [0.25, 0.3) is 0 Å². The molecule has 0 spiro atoms. The van der Waals surface area contributed by atoms with E-state index in [1.165, 1.54) is 25.0 Å². The molecule has 0 amide bonds. The Balaban J connectivity index is 2.53. The van der Waals surface area contributed by atoms with E-state index in [0.29, 0.717) is 0 Å². The van der Waals surface area contributed by atoms with Gasteiger partial charge in [-0.15, -0.1) is 0 Å². The van der Waals surface area contributed by atoms with E-state index < -0.39 is 0 Å². The van der Waals surface area contributed by atoms with E-state index in [1.807, 2.05) is 11.8 Å². The highest BCUT2D eigenvalue weighted by atomic mass is 32.2. The molecule has 0 rings (SSSR count). The van der Waals surface area contributed by atoms with Gasteiger partial charge < -0.3 is 0 Å². The molecule has 0 saturated heterocycles. The lowest BCUT2D eigenvalue weighted by Crippen LogP contribution is -1.78. The van der Waals surface area contributed by atoms with Crippen molar-refractivity contribution < 1.29 is 0 Å². The van der Waals surface area contributed by atoms with Crippen molar-refractivity contribution in [2.45, 2.75) is 26.2 Å². The van der Waals surface area contributed by atoms with Gasteiger partial charge in [0.05, 0.1) is 0 Å². The molecule has 0 nitrogen and oxygen atoms in total. The molecule has 0 heterocycles. The first-order valence-electron chi connectivity index (χ1n) is 3.28. The maximum atomic E-state index is 3.75. The summed E-state index contributed by atoms with van der Waals surface area (Å²) in [5.74, 6) is 2.33. The highest BCUT2D eigenvalue weighted by Crippen LogP contribution is 2.03. The van der Waals surface area contributed by atoms with Gasteiger partial charge in [-0.05, 0) is 24.9 Å². The fraction of sp³-hybridized carbons (Fsp3) is 0.857. The van der Waals surface area contributed by atoms with Gasteiger partial charge in [-0.2, -0.15) is 11.8 Å². The minimum atomic E-state index is 1.03. The Kier molecular flexibility index (Phi) is 7.67. The Morgan fingerprint density at radius 1 is 1.38 bits per heavy atom. The molecule has 0 N–H and O–H groups in total. The number of rotatable bonds is 5. The molecule has 1 heteroatoms. The average molecular weight is 131 g/mol. The van der Waals surface area contributed by atoms with E-state index in [0.717, 1.165) is 5.75 Å². The van der Waals surface area contributed by atoms with Crippen LogP contribution in [0, 0.1) is 6.92 Å². The normalized spacial score (nSPS) is 9.75. The number of hydrogen-bond acceptors (Lipinski definition) is 1. The molecule has 0 saturated carbocycles. The summed E-state index contributed by atoms with van der Waals surface area (Å²) in [5.41, 5.74) is 0. The van der Waals surface area contributed by atoms with Gasteiger partial charge in [0.2, 0.25) is 0 Å². The first-order valence-corrected chi connectivity index (χ1v) is 4.44. The third kappa shape index (κ3) is 6.35. The molecule has 0 atom stereocenters. The molecule has 0 bridgehead atoms. The molecule has 0 fully saturated rings. The number of thioether (sulfide) groups is 1. The second-order valence-corrected chi connectivity index (χ2v) is 3.04. The summed E-state index contributed by atoms with van der Waals surface area (Å²) in [7, 11) is 0. The van der Waals surface area contributed by atoms with E-state index in [1.54, 1.807) is 0 Å². The Morgan fingerprint density at radius 3 is 2.62 bits per heavy atom. The van der Waals surface area contributed by atoms with Crippen LogP contribution in [0.2, 0.25) is 0 Å². The number of hydrogen-bond donors (Lipinski definition) is 0. The first-order chi connectivity index (χ1) is 3.91. The zero-order valence-corrected chi connectivity index (χ0v) is 6.47. The van der Waals surface area contributed by atoms with Crippen molar-refractivity contribution >= 4 is 11.8 Å². The second kappa shape index (κ2) is 7.35.